The first-order valence-electron chi connectivity index (χ1n) is 10.8. The van der Waals surface area contributed by atoms with Crippen molar-refractivity contribution in [2.24, 2.45) is 16.6 Å². The van der Waals surface area contributed by atoms with Gasteiger partial charge in [-0.1, -0.05) is 30.3 Å². The lowest BCUT2D eigenvalue weighted by molar-refractivity contribution is -0.128. The maximum atomic E-state index is 14.7. The Balaban J connectivity index is 1.36. The monoisotopic (exact) mass is 462 g/mol. The van der Waals surface area contributed by atoms with Gasteiger partial charge in [0.05, 0.1) is 35.2 Å². The average molecular weight is 462 g/mol. The van der Waals surface area contributed by atoms with Gasteiger partial charge >= 0.3 is 0 Å². The highest BCUT2D eigenvalue weighted by atomic mass is 19.1. The molecule has 5 rings (SSSR count). The molecule has 0 bridgehead atoms. The molecule has 1 aromatic carbocycles. The average Bonchev–Trinajstić information content (AvgIpc) is 3.49. The highest BCUT2D eigenvalue weighted by Crippen LogP contribution is 2.29. The third kappa shape index (κ3) is 3.55. The van der Waals surface area contributed by atoms with Crippen LogP contribution in [0.4, 0.5) is 10.2 Å². The van der Waals surface area contributed by atoms with E-state index in [1.165, 1.54) is 23.5 Å². The Morgan fingerprint density at radius 2 is 2.03 bits per heavy atom. The molecule has 10 nitrogen and oxygen atoms in total. The first kappa shape index (κ1) is 21.6. The molecule has 1 amide bonds. The van der Waals surface area contributed by atoms with E-state index in [-0.39, 0.29) is 28.3 Å². The zero-order chi connectivity index (χ0) is 23.8. The van der Waals surface area contributed by atoms with Crippen LogP contribution >= 0.6 is 0 Å². The van der Waals surface area contributed by atoms with Gasteiger partial charge in [0.1, 0.15) is 5.84 Å². The molecule has 5 N–H and O–H groups in total. The lowest BCUT2D eigenvalue weighted by Gasteiger charge is -2.38. The molecule has 2 aliphatic rings. The topological polar surface area (TPSA) is 137 Å². The predicted octanol–water partition coefficient (Wildman–Crippen LogP) is 0.968. The van der Waals surface area contributed by atoms with E-state index in [4.69, 9.17) is 11.6 Å². The number of amides is 1. The molecule has 34 heavy (non-hydrogen) atoms. The number of carbonyl (C=O) groups is 2. The molecule has 1 fully saturated rings. The van der Waals surface area contributed by atoms with Crippen LogP contribution in [0.1, 0.15) is 15.9 Å². The Morgan fingerprint density at radius 1 is 1.24 bits per heavy atom. The molecule has 2 aliphatic heterocycles. The molecule has 3 aromatic rings. The minimum absolute atomic E-state index is 0.00920. The van der Waals surface area contributed by atoms with Gasteiger partial charge in [0.25, 0.3) is 11.7 Å². The van der Waals surface area contributed by atoms with Crippen molar-refractivity contribution in [3.63, 3.8) is 0 Å². The number of hydrazine groups is 1. The van der Waals surface area contributed by atoms with Gasteiger partial charge in [-0.25, -0.2) is 15.2 Å². The number of rotatable bonds is 5. The van der Waals surface area contributed by atoms with Crippen LogP contribution in [0.15, 0.2) is 60.1 Å². The van der Waals surface area contributed by atoms with Crippen molar-refractivity contribution in [3.8, 4) is 0 Å². The fraction of sp³-hybridized carbons (Fsp3) is 0.217. The van der Waals surface area contributed by atoms with E-state index in [1.54, 1.807) is 0 Å². The predicted molar refractivity (Wildman–Crippen MR) is 125 cm³/mol. The van der Waals surface area contributed by atoms with E-state index in [0.29, 0.717) is 26.2 Å². The quantitative estimate of drug-likeness (QED) is 0.222. The van der Waals surface area contributed by atoms with Crippen LogP contribution < -0.4 is 16.6 Å². The van der Waals surface area contributed by atoms with Crippen LogP contribution in [0.25, 0.3) is 10.9 Å². The number of piperazine rings is 1. The number of anilines is 1. The number of pyridine rings is 1. The molecule has 1 unspecified atom stereocenters. The molecular formula is C23H23FN8O2. The zero-order valence-electron chi connectivity index (χ0n) is 18.2. The molecule has 0 saturated carbocycles. The number of aliphatic imine (C=N–C) groups is 1. The molecule has 0 spiro atoms. The van der Waals surface area contributed by atoms with Crippen molar-refractivity contribution in [3.05, 3.63) is 72.1 Å². The third-order valence-electron chi connectivity index (χ3n) is 6.10. The number of nitrogens with one attached hydrogen (secondary N) is 1. The molecule has 0 aliphatic carbocycles. The Kier molecular flexibility index (Phi) is 5.46. The number of ketones is 1. The summed E-state index contributed by atoms with van der Waals surface area (Å²) in [6, 6.07) is 9.86. The van der Waals surface area contributed by atoms with Gasteiger partial charge in [0.15, 0.2) is 11.6 Å². The van der Waals surface area contributed by atoms with Crippen molar-refractivity contribution in [2.45, 2.75) is 6.04 Å². The number of benzene rings is 1. The number of hydrogen-bond donors (Lipinski definition) is 3. The largest absolute Gasteiger partial charge is 0.403 e. The number of Topliss-reactive ketones (excluding diaryl/α,β-unsaturated/α-hetero) is 1. The zero-order valence-corrected chi connectivity index (χ0v) is 18.2. The maximum absolute atomic E-state index is 14.7. The van der Waals surface area contributed by atoms with Gasteiger partial charge in [-0.2, -0.15) is 0 Å². The third-order valence-corrected chi connectivity index (χ3v) is 6.10. The van der Waals surface area contributed by atoms with Crippen LogP contribution in [0.3, 0.4) is 0 Å². The van der Waals surface area contributed by atoms with Crippen molar-refractivity contribution in [1.29, 1.82) is 0 Å². The molecule has 4 heterocycles. The number of hydrogen-bond acceptors (Lipinski definition) is 8. The summed E-state index contributed by atoms with van der Waals surface area (Å²) in [7, 11) is 0. The summed E-state index contributed by atoms with van der Waals surface area (Å²) in [5.74, 6) is 4.73. The number of aromatic nitrogens is 2. The molecule has 11 heteroatoms. The summed E-state index contributed by atoms with van der Waals surface area (Å²) in [5, 5.41) is 1.05. The molecule has 1 saturated heterocycles. The lowest BCUT2D eigenvalue weighted by atomic mass is 10.1. The van der Waals surface area contributed by atoms with Gasteiger partial charge in [0.2, 0.25) is 0 Å². The highest BCUT2D eigenvalue weighted by Gasteiger charge is 2.37. The Hall–Kier alpha value is -4.25. The van der Waals surface area contributed by atoms with Gasteiger partial charge in [0, 0.05) is 43.8 Å². The second-order valence-corrected chi connectivity index (χ2v) is 8.09. The minimum Gasteiger partial charge on any atom is -0.403 e. The minimum atomic E-state index is -0.795. The second kappa shape index (κ2) is 8.60. The van der Waals surface area contributed by atoms with Gasteiger partial charge in [-0.3, -0.25) is 19.6 Å². The fourth-order valence-corrected chi connectivity index (χ4v) is 4.49. The first-order valence-corrected chi connectivity index (χ1v) is 10.8. The number of nitrogens with two attached hydrogens (primary N) is 2. The highest BCUT2D eigenvalue weighted by molar-refractivity contribution is 6.45. The Bertz CT molecular complexity index is 1320. The second-order valence-electron chi connectivity index (χ2n) is 8.09. The van der Waals surface area contributed by atoms with E-state index < -0.39 is 17.5 Å². The normalized spacial score (nSPS) is 17.8. The molecule has 1 atom stereocenters. The maximum Gasteiger partial charge on any atom is 0.295 e. The van der Waals surface area contributed by atoms with Crippen LogP contribution in [0.5, 0.6) is 0 Å². The van der Waals surface area contributed by atoms with Crippen molar-refractivity contribution in [1.82, 2.24) is 19.8 Å². The summed E-state index contributed by atoms with van der Waals surface area (Å²) in [5.41, 5.74) is 6.52. The first-order chi connectivity index (χ1) is 16.5. The van der Waals surface area contributed by atoms with Gasteiger partial charge in [-0.15, -0.1) is 0 Å². The number of halogens is 1. The van der Waals surface area contributed by atoms with Gasteiger partial charge in [-0.05, 0) is 0 Å². The summed E-state index contributed by atoms with van der Waals surface area (Å²) in [4.78, 5) is 41.4. The van der Waals surface area contributed by atoms with E-state index in [0.717, 1.165) is 22.6 Å². The molecular weight excluding hydrogens is 439 g/mol. The SMILES string of the molecule is N/C=C\N(N)c1ncc(F)c2c(C(=O)C(=O)N3CCN4C(c5ccccc5)=NCC4C3)c[nH]c12. The van der Waals surface area contributed by atoms with Crippen LogP contribution in [-0.4, -0.2) is 69.5 Å². The van der Waals surface area contributed by atoms with Crippen LogP contribution in [0.2, 0.25) is 0 Å². The molecule has 2 aromatic heterocycles. The fourth-order valence-electron chi connectivity index (χ4n) is 4.49. The number of carbonyl (C=O) groups excluding carboxylic acids is 2. The summed E-state index contributed by atoms with van der Waals surface area (Å²) >= 11 is 0. The summed E-state index contributed by atoms with van der Waals surface area (Å²) < 4.78 is 14.7. The van der Waals surface area contributed by atoms with Crippen molar-refractivity contribution in [2.75, 3.05) is 31.2 Å². The number of H-pyrrole nitrogens is 1. The van der Waals surface area contributed by atoms with E-state index in [1.807, 2.05) is 30.3 Å². The van der Waals surface area contributed by atoms with E-state index in [2.05, 4.69) is 19.9 Å². The number of amidine groups is 1. The number of fused-ring (bicyclic) bond motifs is 2. The van der Waals surface area contributed by atoms with E-state index in [9.17, 15) is 14.0 Å². The summed E-state index contributed by atoms with van der Waals surface area (Å²) in [6.45, 7) is 1.82. The molecule has 174 valence electrons. The smallest absolute Gasteiger partial charge is 0.295 e. The summed E-state index contributed by atoms with van der Waals surface area (Å²) in [6.07, 6.45) is 4.79. The van der Waals surface area contributed by atoms with Crippen LogP contribution in [-0.2, 0) is 4.79 Å². The van der Waals surface area contributed by atoms with Crippen LogP contribution in [0, 0.1) is 5.82 Å². The number of nitrogens with zero attached hydrogens (tertiary/aromatic N) is 5. The van der Waals surface area contributed by atoms with E-state index >= 15 is 0 Å². The number of aromatic amines is 1. The van der Waals surface area contributed by atoms with Crippen molar-refractivity contribution < 1.29 is 14.0 Å². The van der Waals surface area contributed by atoms with Gasteiger partial charge < -0.3 is 20.5 Å². The van der Waals surface area contributed by atoms with Crippen molar-refractivity contribution >= 4 is 34.2 Å². The Morgan fingerprint density at radius 3 is 2.79 bits per heavy atom. The lowest BCUT2D eigenvalue weighted by Crippen LogP contribution is -2.56. The molecule has 0 radical (unpaired) electrons. The Labute approximate surface area is 194 Å². The standard InChI is InChI=1S/C23H23FN8O2/c24-17-12-29-22(32(26)7-6-25)19-18(17)16(11-27-19)20(33)23(34)30-8-9-31-15(13-30)10-28-21(31)14-4-2-1-3-5-14/h1-7,11-12,15,27H,8-10,13,25-26H2/b7-6-.